The lowest BCUT2D eigenvalue weighted by molar-refractivity contribution is -0.126. The smallest absolute Gasteiger partial charge is 0.254 e. The van der Waals surface area contributed by atoms with Crippen LogP contribution in [0, 0.1) is 5.92 Å². The molecule has 0 aliphatic carbocycles. The summed E-state index contributed by atoms with van der Waals surface area (Å²) in [5, 5.41) is 5.27. The van der Waals surface area contributed by atoms with Crippen LogP contribution in [-0.2, 0) is 4.79 Å². The maximum Gasteiger partial charge on any atom is 0.254 e. The average molecular weight is 458 g/mol. The monoisotopic (exact) mass is 457 g/mol. The molecule has 4 rings (SSSR count). The van der Waals surface area contributed by atoms with Gasteiger partial charge in [0.25, 0.3) is 5.91 Å². The largest absolute Gasteiger partial charge is 0.354 e. The Morgan fingerprint density at radius 2 is 1.56 bits per heavy atom. The van der Waals surface area contributed by atoms with Crippen molar-refractivity contribution in [3.05, 3.63) is 83.9 Å². The van der Waals surface area contributed by atoms with Gasteiger partial charge in [0.15, 0.2) is 0 Å². The lowest BCUT2D eigenvalue weighted by Crippen LogP contribution is -2.45. The third kappa shape index (κ3) is 5.31. The maximum atomic E-state index is 13.2. The van der Waals surface area contributed by atoms with Crippen LogP contribution in [0.5, 0.6) is 0 Å². The first-order valence-electron chi connectivity index (χ1n) is 12.5. The van der Waals surface area contributed by atoms with Gasteiger partial charge in [-0.05, 0) is 48.3 Å². The van der Waals surface area contributed by atoms with Crippen LogP contribution in [0.3, 0.4) is 0 Å². The van der Waals surface area contributed by atoms with Crippen molar-refractivity contribution in [3.63, 3.8) is 0 Å². The fraction of sp³-hybridized carbons (Fsp3) is 0.379. The molecule has 0 aromatic heterocycles. The molecule has 1 N–H and O–H groups in total. The minimum Gasteiger partial charge on any atom is -0.354 e. The van der Waals surface area contributed by atoms with Crippen molar-refractivity contribution in [2.24, 2.45) is 5.92 Å². The zero-order valence-electron chi connectivity index (χ0n) is 20.2. The third-order valence-electron chi connectivity index (χ3n) is 7.08. The average Bonchev–Trinajstić information content (AvgIpc) is 2.90. The second-order valence-electron chi connectivity index (χ2n) is 8.99. The molecule has 178 valence electrons. The van der Waals surface area contributed by atoms with Crippen molar-refractivity contribution in [1.82, 2.24) is 15.1 Å². The van der Waals surface area contributed by atoms with Crippen molar-refractivity contribution in [1.29, 1.82) is 0 Å². The number of rotatable bonds is 8. The molecule has 5 heteroatoms. The minimum atomic E-state index is -0.0512. The molecule has 0 unspecified atom stereocenters. The summed E-state index contributed by atoms with van der Waals surface area (Å²) in [7, 11) is 0. The van der Waals surface area contributed by atoms with Crippen LogP contribution in [0.25, 0.3) is 10.8 Å². The molecule has 5 nitrogen and oxygen atoms in total. The van der Waals surface area contributed by atoms with E-state index in [1.54, 1.807) is 0 Å². The Labute approximate surface area is 202 Å². The van der Waals surface area contributed by atoms with E-state index in [9.17, 15) is 9.59 Å². The van der Waals surface area contributed by atoms with Crippen molar-refractivity contribution in [3.8, 4) is 0 Å². The van der Waals surface area contributed by atoms with Gasteiger partial charge in [-0.2, -0.15) is 0 Å². The number of likely N-dealkylation sites (tertiary alicyclic amines) is 1. The summed E-state index contributed by atoms with van der Waals surface area (Å²) >= 11 is 0. The summed E-state index contributed by atoms with van der Waals surface area (Å²) in [5.74, 6) is 0.108. The number of nitrogens with one attached hydrogen (secondary N) is 1. The van der Waals surface area contributed by atoms with E-state index < -0.39 is 0 Å². The molecule has 1 fully saturated rings. The Balaban J connectivity index is 1.35. The van der Waals surface area contributed by atoms with Crippen molar-refractivity contribution < 1.29 is 9.59 Å². The zero-order chi connectivity index (χ0) is 23.9. The highest BCUT2D eigenvalue weighted by atomic mass is 16.2. The van der Waals surface area contributed by atoms with Crippen LogP contribution >= 0.6 is 0 Å². The molecule has 1 saturated heterocycles. The summed E-state index contributed by atoms with van der Waals surface area (Å²) in [6, 6.07) is 24.4. The molecule has 0 saturated carbocycles. The number of hydrogen-bond acceptors (Lipinski definition) is 3. The Morgan fingerprint density at radius 1 is 0.912 bits per heavy atom. The standard InChI is InChI=1S/C29H35N3O2/c1-3-31(4-2)27(23-12-6-5-7-13-23)21-30-28(33)24-17-19-32(20-18-24)29(34)26-16-10-14-22-11-8-9-15-25(22)26/h5-16,24,27H,3-4,17-21H2,1-2H3,(H,30,33)/t27-/m1/s1. The van der Waals surface area contributed by atoms with E-state index in [4.69, 9.17) is 0 Å². The fourth-order valence-corrected chi connectivity index (χ4v) is 5.07. The first-order chi connectivity index (χ1) is 16.6. The molecule has 0 radical (unpaired) electrons. The summed E-state index contributed by atoms with van der Waals surface area (Å²) < 4.78 is 0. The first-order valence-corrected chi connectivity index (χ1v) is 12.5. The van der Waals surface area contributed by atoms with Gasteiger partial charge in [0.05, 0.1) is 6.04 Å². The number of carbonyl (C=O) groups excluding carboxylic acids is 2. The summed E-state index contributed by atoms with van der Waals surface area (Å²) in [6.07, 6.45) is 1.40. The van der Waals surface area contributed by atoms with Gasteiger partial charge in [0.2, 0.25) is 5.91 Å². The number of nitrogens with zero attached hydrogens (tertiary/aromatic N) is 2. The van der Waals surface area contributed by atoms with Crippen molar-refractivity contribution in [2.45, 2.75) is 32.7 Å². The lowest BCUT2D eigenvalue weighted by Gasteiger charge is -2.33. The van der Waals surface area contributed by atoms with Gasteiger partial charge in [-0.3, -0.25) is 14.5 Å². The molecular formula is C29H35N3O2. The van der Waals surface area contributed by atoms with Gasteiger partial charge < -0.3 is 10.2 Å². The fourth-order valence-electron chi connectivity index (χ4n) is 5.07. The predicted octanol–water partition coefficient (Wildman–Crippen LogP) is 4.89. The van der Waals surface area contributed by atoms with Crippen LogP contribution in [0.4, 0.5) is 0 Å². The molecule has 1 aliphatic heterocycles. The maximum absolute atomic E-state index is 13.2. The first kappa shape index (κ1) is 24.0. The highest BCUT2D eigenvalue weighted by Crippen LogP contribution is 2.24. The van der Waals surface area contributed by atoms with Crippen LogP contribution < -0.4 is 5.32 Å². The van der Waals surface area contributed by atoms with E-state index in [0.29, 0.717) is 32.5 Å². The van der Waals surface area contributed by atoms with E-state index >= 15 is 0 Å². The van der Waals surface area contributed by atoms with Gasteiger partial charge in [-0.25, -0.2) is 0 Å². The molecule has 3 aromatic carbocycles. The van der Waals surface area contributed by atoms with Gasteiger partial charge in [0, 0.05) is 31.1 Å². The Kier molecular flexibility index (Phi) is 7.96. The van der Waals surface area contributed by atoms with E-state index in [0.717, 1.165) is 29.4 Å². The molecule has 3 aromatic rings. The summed E-state index contributed by atoms with van der Waals surface area (Å²) in [4.78, 5) is 30.5. The quantitative estimate of drug-likeness (QED) is 0.524. The minimum absolute atomic E-state index is 0.0512. The number of benzene rings is 3. The van der Waals surface area contributed by atoms with Crippen LogP contribution in [0.15, 0.2) is 72.8 Å². The summed E-state index contributed by atoms with van der Waals surface area (Å²) in [5.41, 5.74) is 1.97. The molecule has 1 heterocycles. The molecule has 2 amide bonds. The topological polar surface area (TPSA) is 52.7 Å². The number of likely N-dealkylation sites (N-methyl/N-ethyl adjacent to an activating group) is 1. The predicted molar refractivity (Wildman–Crippen MR) is 138 cm³/mol. The molecule has 0 bridgehead atoms. The Bertz CT molecular complexity index is 1100. The Hall–Kier alpha value is -3.18. The lowest BCUT2D eigenvalue weighted by atomic mass is 9.94. The Morgan fingerprint density at radius 3 is 2.26 bits per heavy atom. The number of carbonyl (C=O) groups is 2. The SMILES string of the molecule is CCN(CC)[C@H](CNC(=O)C1CCN(C(=O)c2cccc3ccccc23)CC1)c1ccccc1. The third-order valence-corrected chi connectivity index (χ3v) is 7.08. The summed E-state index contributed by atoms with van der Waals surface area (Å²) in [6.45, 7) is 7.99. The number of hydrogen-bond donors (Lipinski definition) is 1. The highest BCUT2D eigenvalue weighted by molar-refractivity contribution is 6.07. The molecule has 34 heavy (non-hydrogen) atoms. The van der Waals surface area contributed by atoms with Gasteiger partial charge in [0.1, 0.15) is 0 Å². The van der Waals surface area contributed by atoms with Crippen LogP contribution in [-0.4, -0.2) is 54.3 Å². The molecular weight excluding hydrogens is 422 g/mol. The molecule has 1 atom stereocenters. The van der Waals surface area contributed by atoms with Gasteiger partial charge in [-0.1, -0.05) is 80.6 Å². The van der Waals surface area contributed by atoms with E-state index in [1.807, 2.05) is 53.4 Å². The van der Waals surface area contributed by atoms with Gasteiger partial charge >= 0.3 is 0 Å². The second-order valence-corrected chi connectivity index (χ2v) is 8.99. The number of piperidine rings is 1. The van der Waals surface area contributed by atoms with Gasteiger partial charge in [-0.15, -0.1) is 0 Å². The normalized spacial score (nSPS) is 15.4. The van der Waals surface area contributed by atoms with Crippen LogP contribution in [0.2, 0.25) is 0 Å². The highest BCUT2D eigenvalue weighted by Gasteiger charge is 2.29. The molecule has 1 aliphatic rings. The van der Waals surface area contributed by atoms with Crippen molar-refractivity contribution in [2.75, 3.05) is 32.7 Å². The second kappa shape index (κ2) is 11.3. The van der Waals surface area contributed by atoms with E-state index in [1.165, 1.54) is 5.56 Å². The van der Waals surface area contributed by atoms with E-state index in [2.05, 4.69) is 48.3 Å². The molecule has 0 spiro atoms. The zero-order valence-corrected chi connectivity index (χ0v) is 20.2. The number of fused-ring (bicyclic) bond motifs is 1. The number of amides is 2. The van der Waals surface area contributed by atoms with Crippen molar-refractivity contribution >= 4 is 22.6 Å². The van der Waals surface area contributed by atoms with Crippen LogP contribution in [0.1, 0.15) is 48.7 Å². The van der Waals surface area contributed by atoms with E-state index in [-0.39, 0.29) is 23.8 Å².